The molecule has 0 aliphatic rings. The monoisotopic (exact) mass is 291 g/mol. The van der Waals surface area contributed by atoms with Crippen LogP contribution in [0, 0.1) is 5.41 Å². The van der Waals surface area contributed by atoms with Crippen molar-refractivity contribution in [3.8, 4) is 12.0 Å². The zero-order valence-corrected chi connectivity index (χ0v) is 12.9. The van der Waals surface area contributed by atoms with Crippen LogP contribution in [0.4, 0.5) is 5.95 Å². The predicted molar refractivity (Wildman–Crippen MR) is 78.5 cm³/mol. The summed E-state index contributed by atoms with van der Waals surface area (Å²) < 4.78 is 7.12. The minimum Gasteiger partial charge on any atom is -0.463 e. The first-order valence-electron chi connectivity index (χ1n) is 6.96. The van der Waals surface area contributed by atoms with Gasteiger partial charge in [0.15, 0.2) is 0 Å². The lowest BCUT2D eigenvalue weighted by atomic mass is 9.93. The highest BCUT2D eigenvalue weighted by molar-refractivity contribution is 5.29. The third-order valence-corrected chi connectivity index (χ3v) is 2.64. The summed E-state index contributed by atoms with van der Waals surface area (Å²) in [6, 6.07) is 0.288. The fraction of sp³-hybridized carbons (Fsp3) is 0.615. The van der Waals surface area contributed by atoms with E-state index in [1.807, 2.05) is 6.92 Å². The molecule has 0 unspecified atom stereocenters. The molecule has 0 amide bonds. The zero-order chi connectivity index (χ0) is 15.3. The number of nitrogens with zero attached hydrogens (tertiary/aromatic N) is 6. The molecule has 2 aromatic rings. The van der Waals surface area contributed by atoms with Crippen LogP contribution in [0.25, 0.3) is 5.95 Å². The standard InChI is InChI=1S/C13H21N7O/c1-5-15-10-17-11(20-9-14-8-16-20)19-12(18-10)21-7-6-13(2,3)4/h8-9H,5-7H2,1-4H3,(H,15,17,18,19). The average molecular weight is 291 g/mol. The van der Waals surface area contributed by atoms with Gasteiger partial charge in [-0.1, -0.05) is 20.8 Å². The quantitative estimate of drug-likeness (QED) is 0.866. The van der Waals surface area contributed by atoms with Gasteiger partial charge in [-0.3, -0.25) is 0 Å². The lowest BCUT2D eigenvalue weighted by Gasteiger charge is -2.17. The van der Waals surface area contributed by atoms with E-state index in [0.717, 1.165) is 6.42 Å². The van der Waals surface area contributed by atoms with Crippen molar-refractivity contribution in [3.05, 3.63) is 12.7 Å². The van der Waals surface area contributed by atoms with Crippen LogP contribution in [-0.4, -0.2) is 42.9 Å². The van der Waals surface area contributed by atoms with Gasteiger partial charge >= 0.3 is 6.01 Å². The average Bonchev–Trinajstić information content (AvgIpc) is 2.91. The lowest BCUT2D eigenvalue weighted by molar-refractivity contribution is 0.228. The second-order valence-corrected chi connectivity index (χ2v) is 5.77. The number of ether oxygens (including phenoxy) is 1. The topological polar surface area (TPSA) is 90.6 Å². The molecule has 8 heteroatoms. The molecule has 21 heavy (non-hydrogen) atoms. The van der Waals surface area contributed by atoms with Crippen LogP contribution in [0.5, 0.6) is 6.01 Å². The van der Waals surface area contributed by atoms with Crippen LogP contribution in [0.15, 0.2) is 12.7 Å². The maximum Gasteiger partial charge on any atom is 0.323 e. The molecule has 0 aliphatic carbocycles. The third kappa shape index (κ3) is 4.66. The molecular weight excluding hydrogens is 270 g/mol. The summed E-state index contributed by atoms with van der Waals surface area (Å²) in [6.07, 6.45) is 3.87. The Kier molecular flexibility index (Phi) is 4.66. The van der Waals surface area contributed by atoms with Gasteiger partial charge in [-0.15, -0.1) is 0 Å². The van der Waals surface area contributed by atoms with E-state index in [-0.39, 0.29) is 11.4 Å². The zero-order valence-electron chi connectivity index (χ0n) is 12.9. The van der Waals surface area contributed by atoms with Gasteiger partial charge in [-0.25, -0.2) is 4.98 Å². The van der Waals surface area contributed by atoms with Crippen molar-refractivity contribution in [1.29, 1.82) is 0 Å². The summed E-state index contributed by atoms with van der Waals surface area (Å²) in [4.78, 5) is 16.6. The Morgan fingerprint density at radius 2 is 2.05 bits per heavy atom. The Bertz CT molecular complexity index is 562. The summed E-state index contributed by atoms with van der Waals surface area (Å²) in [5, 5.41) is 7.07. The van der Waals surface area contributed by atoms with Crippen LogP contribution < -0.4 is 10.1 Å². The summed E-state index contributed by atoms with van der Waals surface area (Å²) in [6.45, 7) is 9.72. The number of hydrogen-bond acceptors (Lipinski definition) is 7. The fourth-order valence-electron chi connectivity index (χ4n) is 1.51. The number of aromatic nitrogens is 6. The molecule has 2 rings (SSSR count). The smallest absolute Gasteiger partial charge is 0.323 e. The van der Waals surface area contributed by atoms with Crippen LogP contribution in [0.1, 0.15) is 34.1 Å². The number of nitrogens with one attached hydrogen (secondary N) is 1. The fourth-order valence-corrected chi connectivity index (χ4v) is 1.51. The van der Waals surface area contributed by atoms with E-state index in [9.17, 15) is 0 Å². The SMILES string of the molecule is CCNc1nc(OCCC(C)(C)C)nc(-n2cncn2)n1. The van der Waals surface area contributed by atoms with E-state index in [4.69, 9.17) is 4.74 Å². The second kappa shape index (κ2) is 6.47. The molecular formula is C13H21N7O. The normalized spacial score (nSPS) is 11.4. The Morgan fingerprint density at radius 1 is 1.24 bits per heavy atom. The van der Waals surface area contributed by atoms with Crippen LogP contribution in [-0.2, 0) is 0 Å². The minimum atomic E-state index is 0.201. The minimum absolute atomic E-state index is 0.201. The second-order valence-electron chi connectivity index (χ2n) is 5.77. The highest BCUT2D eigenvalue weighted by Crippen LogP contribution is 2.19. The molecule has 0 fully saturated rings. The van der Waals surface area contributed by atoms with Crippen molar-refractivity contribution in [3.63, 3.8) is 0 Å². The van der Waals surface area contributed by atoms with Crippen molar-refractivity contribution in [2.45, 2.75) is 34.1 Å². The van der Waals surface area contributed by atoms with Crippen molar-refractivity contribution in [2.24, 2.45) is 5.41 Å². The van der Waals surface area contributed by atoms with Gasteiger partial charge in [0.05, 0.1) is 6.61 Å². The third-order valence-electron chi connectivity index (χ3n) is 2.64. The van der Waals surface area contributed by atoms with E-state index < -0.39 is 0 Å². The number of anilines is 1. The molecule has 0 saturated heterocycles. The first-order valence-corrected chi connectivity index (χ1v) is 6.96. The molecule has 0 aliphatic heterocycles. The molecule has 2 heterocycles. The summed E-state index contributed by atoms with van der Waals surface area (Å²) >= 11 is 0. The summed E-state index contributed by atoms with van der Waals surface area (Å²) in [7, 11) is 0. The molecule has 0 aromatic carbocycles. The molecule has 0 radical (unpaired) electrons. The van der Waals surface area contributed by atoms with Crippen LogP contribution >= 0.6 is 0 Å². The molecule has 2 aromatic heterocycles. The van der Waals surface area contributed by atoms with Gasteiger partial charge in [-0.2, -0.15) is 24.7 Å². The van der Waals surface area contributed by atoms with E-state index in [0.29, 0.717) is 25.0 Å². The molecule has 8 nitrogen and oxygen atoms in total. The largest absolute Gasteiger partial charge is 0.463 e. The Morgan fingerprint density at radius 3 is 2.67 bits per heavy atom. The number of rotatable bonds is 6. The van der Waals surface area contributed by atoms with Crippen molar-refractivity contribution in [2.75, 3.05) is 18.5 Å². The molecule has 0 spiro atoms. The maximum absolute atomic E-state index is 5.64. The summed E-state index contributed by atoms with van der Waals surface area (Å²) in [5.41, 5.74) is 0.201. The van der Waals surface area contributed by atoms with E-state index >= 15 is 0 Å². The van der Waals surface area contributed by atoms with E-state index in [2.05, 4.69) is 51.1 Å². The first-order chi connectivity index (χ1) is 9.98. The van der Waals surface area contributed by atoms with Gasteiger partial charge in [-0.05, 0) is 18.8 Å². The Balaban J connectivity index is 2.16. The molecule has 0 saturated carbocycles. The first kappa shape index (κ1) is 15.1. The van der Waals surface area contributed by atoms with Crippen molar-refractivity contribution in [1.82, 2.24) is 29.7 Å². The van der Waals surface area contributed by atoms with Gasteiger partial charge < -0.3 is 10.1 Å². The van der Waals surface area contributed by atoms with Gasteiger partial charge in [0, 0.05) is 6.54 Å². The van der Waals surface area contributed by atoms with E-state index in [1.165, 1.54) is 17.3 Å². The molecule has 114 valence electrons. The highest BCUT2D eigenvalue weighted by atomic mass is 16.5. The Labute approximate surface area is 124 Å². The number of hydrogen-bond donors (Lipinski definition) is 1. The van der Waals surface area contributed by atoms with Crippen molar-refractivity contribution >= 4 is 5.95 Å². The van der Waals surface area contributed by atoms with Crippen LogP contribution in [0.2, 0.25) is 0 Å². The van der Waals surface area contributed by atoms with Gasteiger partial charge in [0.1, 0.15) is 12.7 Å². The van der Waals surface area contributed by atoms with E-state index in [1.54, 1.807) is 0 Å². The summed E-state index contributed by atoms with van der Waals surface area (Å²) in [5.74, 6) is 0.841. The molecule has 0 atom stereocenters. The van der Waals surface area contributed by atoms with Gasteiger partial charge in [0.2, 0.25) is 5.95 Å². The van der Waals surface area contributed by atoms with Crippen LogP contribution in [0.3, 0.4) is 0 Å². The van der Waals surface area contributed by atoms with Crippen molar-refractivity contribution < 1.29 is 4.74 Å². The highest BCUT2D eigenvalue weighted by Gasteiger charge is 2.13. The maximum atomic E-state index is 5.64. The molecule has 0 bridgehead atoms. The molecule has 1 N–H and O–H groups in total. The predicted octanol–water partition coefficient (Wildman–Crippen LogP) is 1.70. The van der Waals surface area contributed by atoms with Gasteiger partial charge in [0.25, 0.3) is 5.95 Å². The lowest BCUT2D eigenvalue weighted by Crippen LogP contribution is -2.14. The Hall–Kier alpha value is -2.25.